The molecule has 0 bridgehead atoms. The average molecular weight is 229 g/mol. The van der Waals surface area contributed by atoms with Gasteiger partial charge < -0.3 is 10.1 Å². The van der Waals surface area contributed by atoms with Crippen LogP contribution >= 0.6 is 0 Å². The first-order valence-corrected chi connectivity index (χ1v) is 6.09. The van der Waals surface area contributed by atoms with Gasteiger partial charge in [-0.05, 0) is 46.5 Å². The SMILES string of the molecule is CC[C@](C)(CC(C)C)NC(=O)OC(C)(C)C. The zero-order valence-electron chi connectivity index (χ0n) is 11.8. The summed E-state index contributed by atoms with van der Waals surface area (Å²) < 4.78 is 5.27. The number of ether oxygens (including phenoxy) is 1. The highest BCUT2D eigenvalue weighted by atomic mass is 16.6. The topological polar surface area (TPSA) is 38.3 Å². The van der Waals surface area contributed by atoms with Gasteiger partial charge in [0.1, 0.15) is 5.60 Å². The molecule has 0 saturated heterocycles. The van der Waals surface area contributed by atoms with Crippen molar-refractivity contribution in [2.45, 2.75) is 72.4 Å². The Kier molecular flexibility index (Phi) is 5.30. The molecule has 16 heavy (non-hydrogen) atoms. The Balaban J connectivity index is 4.37. The predicted octanol–water partition coefficient (Wildman–Crippen LogP) is 3.73. The molecule has 0 fully saturated rings. The van der Waals surface area contributed by atoms with Crippen molar-refractivity contribution in [1.82, 2.24) is 5.32 Å². The number of carbonyl (C=O) groups is 1. The van der Waals surface area contributed by atoms with Crippen LogP contribution in [0.3, 0.4) is 0 Å². The number of amides is 1. The van der Waals surface area contributed by atoms with Gasteiger partial charge in [-0.2, -0.15) is 0 Å². The molecule has 0 aliphatic heterocycles. The van der Waals surface area contributed by atoms with E-state index >= 15 is 0 Å². The Bertz CT molecular complexity index is 231. The van der Waals surface area contributed by atoms with Crippen LogP contribution in [-0.4, -0.2) is 17.2 Å². The third kappa shape index (κ3) is 6.70. The van der Waals surface area contributed by atoms with Crippen molar-refractivity contribution in [2.24, 2.45) is 5.92 Å². The van der Waals surface area contributed by atoms with Crippen LogP contribution < -0.4 is 5.32 Å². The second-order valence-electron chi connectivity index (χ2n) is 6.14. The largest absolute Gasteiger partial charge is 0.444 e. The number of hydrogen-bond acceptors (Lipinski definition) is 2. The molecule has 0 aliphatic carbocycles. The predicted molar refractivity (Wildman–Crippen MR) is 67.5 cm³/mol. The second-order valence-corrected chi connectivity index (χ2v) is 6.14. The molecule has 1 atom stereocenters. The highest BCUT2D eigenvalue weighted by molar-refractivity contribution is 5.68. The molecule has 0 aromatic rings. The molecular formula is C13H27NO2. The van der Waals surface area contributed by atoms with Crippen LogP contribution in [0.2, 0.25) is 0 Å². The first-order valence-electron chi connectivity index (χ1n) is 6.09. The van der Waals surface area contributed by atoms with E-state index < -0.39 is 5.60 Å². The maximum Gasteiger partial charge on any atom is 0.408 e. The molecule has 3 heteroatoms. The van der Waals surface area contributed by atoms with Crippen LogP contribution in [0.5, 0.6) is 0 Å². The molecular weight excluding hydrogens is 202 g/mol. The fourth-order valence-electron chi connectivity index (χ4n) is 1.73. The van der Waals surface area contributed by atoms with E-state index in [4.69, 9.17) is 4.74 Å². The minimum Gasteiger partial charge on any atom is -0.444 e. The van der Waals surface area contributed by atoms with E-state index in [1.807, 2.05) is 20.8 Å². The number of alkyl carbamates (subject to hydrolysis) is 1. The molecule has 1 N–H and O–H groups in total. The third-order valence-corrected chi connectivity index (χ3v) is 2.44. The molecule has 1 amide bonds. The van der Waals surface area contributed by atoms with E-state index in [-0.39, 0.29) is 11.6 Å². The summed E-state index contributed by atoms with van der Waals surface area (Å²) in [5, 5.41) is 2.97. The minimum absolute atomic E-state index is 0.170. The van der Waals surface area contributed by atoms with Gasteiger partial charge >= 0.3 is 6.09 Å². The zero-order valence-corrected chi connectivity index (χ0v) is 11.8. The van der Waals surface area contributed by atoms with Crippen molar-refractivity contribution in [1.29, 1.82) is 0 Å². The zero-order chi connectivity index (χ0) is 13.0. The Hall–Kier alpha value is -0.730. The van der Waals surface area contributed by atoms with Crippen molar-refractivity contribution in [2.75, 3.05) is 0 Å². The third-order valence-electron chi connectivity index (χ3n) is 2.44. The first kappa shape index (κ1) is 15.3. The van der Waals surface area contributed by atoms with Crippen LogP contribution in [0.4, 0.5) is 4.79 Å². The first-order chi connectivity index (χ1) is 7.08. The lowest BCUT2D eigenvalue weighted by Gasteiger charge is -2.32. The van der Waals surface area contributed by atoms with Crippen molar-refractivity contribution in [3.63, 3.8) is 0 Å². The summed E-state index contributed by atoms with van der Waals surface area (Å²) in [5.41, 5.74) is -0.604. The van der Waals surface area contributed by atoms with Crippen molar-refractivity contribution < 1.29 is 9.53 Å². The Morgan fingerprint density at radius 2 is 1.75 bits per heavy atom. The summed E-state index contributed by atoms with van der Waals surface area (Å²) in [7, 11) is 0. The van der Waals surface area contributed by atoms with Gasteiger partial charge in [0.15, 0.2) is 0 Å². The lowest BCUT2D eigenvalue weighted by Crippen LogP contribution is -2.48. The van der Waals surface area contributed by atoms with Crippen molar-refractivity contribution in [3.8, 4) is 0 Å². The van der Waals surface area contributed by atoms with Gasteiger partial charge in [-0.3, -0.25) is 0 Å². The van der Waals surface area contributed by atoms with Gasteiger partial charge in [0.2, 0.25) is 0 Å². The number of hydrogen-bond donors (Lipinski definition) is 1. The van der Waals surface area contributed by atoms with Crippen LogP contribution in [0.15, 0.2) is 0 Å². The summed E-state index contributed by atoms with van der Waals surface area (Å²) in [6.07, 6.45) is 1.55. The lowest BCUT2D eigenvalue weighted by atomic mass is 9.88. The highest BCUT2D eigenvalue weighted by Crippen LogP contribution is 2.20. The van der Waals surface area contributed by atoms with Crippen LogP contribution in [0.1, 0.15) is 61.3 Å². The van der Waals surface area contributed by atoms with Gasteiger partial charge in [0, 0.05) is 5.54 Å². The van der Waals surface area contributed by atoms with E-state index in [1.165, 1.54) is 0 Å². The van der Waals surface area contributed by atoms with Crippen LogP contribution in [0.25, 0.3) is 0 Å². The highest BCUT2D eigenvalue weighted by Gasteiger charge is 2.27. The van der Waals surface area contributed by atoms with Crippen LogP contribution in [-0.2, 0) is 4.74 Å². The van der Waals surface area contributed by atoms with Crippen molar-refractivity contribution >= 4 is 6.09 Å². The van der Waals surface area contributed by atoms with E-state index in [1.54, 1.807) is 0 Å². The monoisotopic (exact) mass is 229 g/mol. The summed E-state index contributed by atoms with van der Waals surface area (Å²) in [6, 6.07) is 0. The van der Waals surface area contributed by atoms with Gasteiger partial charge in [-0.1, -0.05) is 20.8 Å². The number of nitrogens with one attached hydrogen (secondary N) is 1. The molecule has 3 nitrogen and oxygen atoms in total. The minimum atomic E-state index is -0.434. The van der Waals surface area contributed by atoms with Gasteiger partial charge in [-0.15, -0.1) is 0 Å². The normalized spacial score (nSPS) is 15.8. The number of carbonyl (C=O) groups excluding carboxylic acids is 1. The Morgan fingerprint density at radius 3 is 2.06 bits per heavy atom. The van der Waals surface area contributed by atoms with E-state index in [2.05, 4.69) is 33.0 Å². The van der Waals surface area contributed by atoms with Gasteiger partial charge in [0.05, 0.1) is 0 Å². The van der Waals surface area contributed by atoms with Gasteiger partial charge in [-0.25, -0.2) is 4.79 Å². The molecule has 0 rings (SSSR count). The maximum atomic E-state index is 11.7. The smallest absolute Gasteiger partial charge is 0.408 e. The molecule has 0 heterocycles. The Labute approximate surface area is 99.9 Å². The molecule has 0 aliphatic rings. The molecule has 0 spiro atoms. The van der Waals surface area contributed by atoms with Crippen LogP contribution in [0, 0.1) is 5.92 Å². The lowest BCUT2D eigenvalue weighted by molar-refractivity contribution is 0.0448. The van der Waals surface area contributed by atoms with E-state index in [0.29, 0.717) is 5.92 Å². The quantitative estimate of drug-likeness (QED) is 0.797. The number of rotatable bonds is 4. The van der Waals surface area contributed by atoms with Gasteiger partial charge in [0.25, 0.3) is 0 Å². The average Bonchev–Trinajstić information content (AvgIpc) is 1.98. The molecule has 96 valence electrons. The van der Waals surface area contributed by atoms with E-state index in [0.717, 1.165) is 12.8 Å². The standard InChI is InChI=1S/C13H27NO2/c1-8-13(7,9-10(2)3)14-11(15)16-12(4,5)6/h10H,8-9H2,1-7H3,(H,14,15)/t13-/m1/s1. The maximum absolute atomic E-state index is 11.7. The fourth-order valence-corrected chi connectivity index (χ4v) is 1.73. The molecule has 0 aromatic heterocycles. The summed E-state index contributed by atoms with van der Waals surface area (Å²) in [6.45, 7) is 14.1. The second kappa shape index (κ2) is 5.55. The Morgan fingerprint density at radius 1 is 1.25 bits per heavy atom. The van der Waals surface area contributed by atoms with E-state index in [9.17, 15) is 4.79 Å². The molecule has 0 aromatic carbocycles. The van der Waals surface area contributed by atoms with Crippen molar-refractivity contribution in [3.05, 3.63) is 0 Å². The molecule has 0 radical (unpaired) electrons. The summed E-state index contributed by atoms with van der Waals surface area (Å²) in [4.78, 5) is 11.7. The fraction of sp³-hybridized carbons (Fsp3) is 0.923. The summed E-state index contributed by atoms with van der Waals surface area (Å²) in [5.74, 6) is 0.555. The summed E-state index contributed by atoms with van der Waals surface area (Å²) >= 11 is 0. The molecule has 0 unspecified atom stereocenters. The molecule has 0 saturated carbocycles.